The maximum Gasteiger partial charge on any atom is 0.0655 e. The summed E-state index contributed by atoms with van der Waals surface area (Å²) in [6.45, 7) is 12.8. The maximum atomic E-state index is 4.95. The first-order valence-electron chi connectivity index (χ1n) is 5.82. The molecule has 1 rings (SSSR count). The third kappa shape index (κ3) is 2.95. The number of nitrogens with zero attached hydrogens (tertiary/aromatic N) is 1. The summed E-state index contributed by atoms with van der Waals surface area (Å²) in [4.78, 5) is 4.95. The first-order valence-corrected chi connectivity index (χ1v) is 11.6. The highest BCUT2D eigenvalue weighted by Gasteiger charge is 2.19. The molecule has 0 aliphatic carbocycles. The van der Waals surface area contributed by atoms with Crippen molar-refractivity contribution in [2.75, 3.05) is 26.7 Å². The number of hydrogen-bond acceptors (Lipinski definition) is 1. The molecular formula is C14H25NP2. The number of aromatic nitrogens is 1. The molecule has 1 nitrogen and oxygen atoms in total. The Labute approximate surface area is 107 Å². The first kappa shape index (κ1) is 14.8. The molecule has 0 atom stereocenters. The topological polar surface area (TPSA) is 12.9 Å². The Kier molecular flexibility index (Phi) is 3.88. The van der Waals surface area contributed by atoms with Gasteiger partial charge in [-0.2, -0.15) is 0 Å². The van der Waals surface area contributed by atoms with E-state index in [4.69, 9.17) is 4.98 Å². The van der Waals surface area contributed by atoms with E-state index >= 15 is 0 Å². The number of pyridine rings is 1. The lowest BCUT2D eigenvalue weighted by Crippen LogP contribution is -2.26. The fraction of sp³-hybridized carbons (Fsp3) is 0.500. The molecule has 0 spiro atoms. The van der Waals surface area contributed by atoms with Crippen LogP contribution in [0.15, 0.2) is 0 Å². The highest BCUT2D eigenvalue weighted by molar-refractivity contribution is 7.80. The summed E-state index contributed by atoms with van der Waals surface area (Å²) in [6.07, 6.45) is 8.67. The molecule has 0 unspecified atom stereocenters. The van der Waals surface area contributed by atoms with E-state index in [2.05, 4.69) is 60.0 Å². The Hall–Kier alpha value is -0.250. The van der Waals surface area contributed by atoms with Gasteiger partial charge in [-0.3, -0.25) is 0 Å². The van der Waals surface area contributed by atoms with Crippen molar-refractivity contribution < 1.29 is 0 Å². The second-order valence-corrected chi connectivity index (χ2v) is 13.6. The van der Waals surface area contributed by atoms with Crippen molar-refractivity contribution in [2.45, 2.75) is 20.8 Å². The molecule has 1 aromatic heterocycles. The van der Waals surface area contributed by atoms with Crippen LogP contribution < -0.4 is 10.9 Å². The zero-order valence-electron chi connectivity index (χ0n) is 12.3. The third-order valence-electron chi connectivity index (χ3n) is 3.15. The van der Waals surface area contributed by atoms with Crippen LogP contribution in [0.4, 0.5) is 0 Å². The van der Waals surface area contributed by atoms with Crippen molar-refractivity contribution in [3.8, 4) is 0 Å². The lowest BCUT2D eigenvalue weighted by atomic mass is 10.1. The first-order chi connectivity index (χ1) is 7.46. The molecule has 1 aromatic rings. The van der Waals surface area contributed by atoms with Gasteiger partial charge in [0.05, 0.1) is 10.9 Å². The lowest BCUT2D eigenvalue weighted by Gasteiger charge is -2.24. The van der Waals surface area contributed by atoms with Gasteiger partial charge in [0.15, 0.2) is 0 Å². The van der Waals surface area contributed by atoms with E-state index < -0.39 is 13.8 Å². The fourth-order valence-corrected chi connectivity index (χ4v) is 5.04. The van der Waals surface area contributed by atoms with Crippen molar-refractivity contribution in [1.82, 2.24) is 4.98 Å². The largest absolute Gasteiger partial charge is 0.248 e. The molecule has 0 aliphatic rings. The standard InChI is InChI=1S/C14H25NP2/c1-10-11(2)13(16(4,5)6)15-14(12(10)3)17(7,8)9/h4,7H2,1-3,5-6,8-9H3. The van der Waals surface area contributed by atoms with Gasteiger partial charge in [0.2, 0.25) is 0 Å². The molecule has 0 saturated carbocycles. The summed E-state index contributed by atoms with van der Waals surface area (Å²) in [6, 6.07) is 0. The second-order valence-electron chi connectivity index (χ2n) is 6.00. The second kappa shape index (κ2) is 4.45. The summed E-state index contributed by atoms with van der Waals surface area (Å²) < 4.78 is 0. The highest BCUT2D eigenvalue weighted by atomic mass is 31.2. The van der Waals surface area contributed by atoms with Crippen LogP contribution in [-0.4, -0.2) is 44.2 Å². The van der Waals surface area contributed by atoms with Crippen molar-refractivity contribution in [3.63, 3.8) is 0 Å². The quantitative estimate of drug-likeness (QED) is 0.752. The zero-order chi connectivity index (χ0) is 13.6. The summed E-state index contributed by atoms with van der Waals surface area (Å²) >= 11 is 0. The normalized spacial score (nSPS) is 12.9. The van der Waals surface area contributed by atoms with Gasteiger partial charge in [0.25, 0.3) is 0 Å². The number of hydrogen-bond donors (Lipinski definition) is 0. The van der Waals surface area contributed by atoms with E-state index in [9.17, 15) is 0 Å². The monoisotopic (exact) mass is 269 g/mol. The van der Waals surface area contributed by atoms with Gasteiger partial charge in [-0.25, -0.2) is 4.98 Å². The van der Waals surface area contributed by atoms with Gasteiger partial charge in [0, 0.05) is 0 Å². The molecule has 0 aliphatic heterocycles. The van der Waals surface area contributed by atoms with Crippen LogP contribution >= 0.6 is 13.8 Å². The van der Waals surface area contributed by atoms with Crippen molar-refractivity contribution >= 4 is 37.2 Å². The van der Waals surface area contributed by atoms with Crippen LogP contribution in [0.3, 0.4) is 0 Å². The van der Waals surface area contributed by atoms with Crippen LogP contribution in [0, 0.1) is 20.8 Å². The number of rotatable bonds is 2. The smallest absolute Gasteiger partial charge is 0.0655 e. The molecule has 1 heterocycles. The molecule has 3 heteroatoms. The zero-order valence-corrected chi connectivity index (χ0v) is 14.0. The lowest BCUT2D eigenvalue weighted by molar-refractivity contribution is 1.23. The average Bonchev–Trinajstić information content (AvgIpc) is 2.10. The molecule has 0 bridgehead atoms. The Bertz CT molecular complexity index is 498. The Morgan fingerprint density at radius 3 is 1.24 bits per heavy atom. The highest BCUT2D eigenvalue weighted by Crippen LogP contribution is 2.39. The van der Waals surface area contributed by atoms with Crippen LogP contribution in [0.1, 0.15) is 16.7 Å². The summed E-state index contributed by atoms with van der Waals surface area (Å²) in [5, 5.41) is 0. The molecular weight excluding hydrogens is 244 g/mol. The van der Waals surface area contributed by atoms with Crippen LogP contribution in [0.2, 0.25) is 0 Å². The average molecular weight is 269 g/mol. The Morgan fingerprint density at radius 2 is 1.00 bits per heavy atom. The van der Waals surface area contributed by atoms with Crippen molar-refractivity contribution in [2.24, 2.45) is 0 Å². The molecule has 0 fully saturated rings. The minimum atomic E-state index is -1.32. The van der Waals surface area contributed by atoms with Gasteiger partial charge in [-0.05, 0) is 64.1 Å². The molecule has 0 aromatic carbocycles. The Morgan fingerprint density at radius 1 is 0.706 bits per heavy atom. The summed E-state index contributed by atoms with van der Waals surface area (Å²) in [7, 11) is 0. The SMILES string of the molecule is C=P(C)(C)c1nc(P(=C)(C)C)c(C)c(C)c1C. The van der Waals surface area contributed by atoms with Gasteiger partial charge < -0.3 is 0 Å². The van der Waals surface area contributed by atoms with E-state index in [-0.39, 0.29) is 0 Å². The van der Waals surface area contributed by atoms with Gasteiger partial charge in [-0.15, -0.1) is 0 Å². The predicted octanol–water partition coefficient (Wildman–Crippen LogP) is 2.68. The summed E-state index contributed by atoms with van der Waals surface area (Å²) in [5.41, 5.74) is 6.49. The van der Waals surface area contributed by atoms with Gasteiger partial charge in [0.1, 0.15) is 0 Å². The maximum absolute atomic E-state index is 4.95. The van der Waals surface area contributed by atoms with E-state index in [1.165, 1.54) is 27.6 Å². The molecule has 96 valence electrons. The molecule has 0 amide bonds. The Balaban J connectivity index is 3.75. The van der Waals surface area contributed by atoms with Crippen molar-refractivity contribution in [1.29, 1.82) is 0 Å². The molecule has 0 N–H and O–H groups in total. The molecule has 0 radical (unpaired) electrons. The van der Waals surface area contributed by atoms with E-state index in [0.717, 1.165) is 0 Å². The van der Waals surface area contributed by atoms with Gasteiger partial charge in [-0.1, -0.05) is 26.4 Å². The minimum absolute atomic E-state index is 1.23. The van der Waals surface area contributed by atoms with Crippen LogP contribution in [0.25, 0.3) is 0 Å². The van der Waals surface area contributed by atoms with E-state index in [1.807, 2.05) is 0 Å². The van der Waals surface area contributed by atoms with Crippen molar-refractivity contribution in [3.05, 3.63) is 16.7 Å². The van der Waals surface area contributed by atoms with Gasteiger partial charge >= 0.3 is 0 Å². The molecule has 0 saturated heterocycles. The fourth-order valence-electron chi connectivity index (χ4n) is 2.06. The van der Waals surface area contributed by atoms with Crippen LogP contribution in [-0.2, 0) is 0 Å². The van der Waals surface area contributed by atoms with E-state index in [0.29, 0.717) is 0 Å². The third-order valence-corrected chi connectivity index (χ3v) is 6.32. The van der Waals surface area contributed by atoms with E-state index in [1.54, 1.807) is 0 Å². The summed E-state index contributed by atoms with van der Waals surface area (Å²) in [5.74, 6) is 0. The predicted molar refractivity (Wildman–Crippen MR) is 89.5 cm³/mol. The minimum Gasteiger partial charge on any atom is -0.248 e. The molecule has 17 heavy (non-hydrogen) atoms. The van der Waals surface area contributed by atoms with Crippen LogP contribution in [0.5, 0.6) is 0 Å².